The number of carbonyl (C=O) groups is 2. The number of benzene rings is 3. The van der Waals surface area contributed by atoms with Gasteiger partial charge in [0.1, 0.15) is 12.4 Å². The van der Waals surface area contributed by atoms with Crippen LogP contribution in [0, 0.1) is 6.92 Å². The first-order valence-electron chi connectivity index (χ1n) is 9.74. The minimum absolute atomic E-state index is 0.263. The number of hydrazone groups is 1. The first kappa shape index (κ1) is 23.3. The molecular weight excluding hydrogens is 449 g/mol. The van der Waals surface area contributed by atoms with Crippen LogP contribution in [0.25, 0.3) is 0 Å². The molecule has 2 N–H and O–H groups in total. The van der Waals surface area contributed by atoms with Crippen LogP contribution >= 0.6 is 23.2 Å². The number of ether oxygens (including phenoxy) is 1. The lowest BCUT2D eigenvalue weighted by molar-refractivity contribution is -0.139. The minimum atomic E-state index is -0.840. The Bertz CT molecular complexity index is 1110. The highest BCUT2D eigenvalue weighted by atomic mass is 35.5. The third-order valence-corrected chi connectivity index (χ3v) is 5.04. The summed E-state index contributed by atoms with van der Waals surface area (Å²) in [6, 6.07) is 20.0. The summed E-state index contributed by atoms with van der Waals surface area (Å²) >= 11 is 12.0. The summed E-state index contributed by atoms with van der Waals surface area (Å²) < 4.78 is 5.72. The highest BCUT2D eigenvalue weighted by molar-refractivity contribution is 6.35. The molecule has 0 atom stereocenters. The quantitative estimate of drug-likeness (QED) is 0.300. The molecule has 0 saturated heterocycles. The maximum atomic E-state index is 11.9. The summed E-state index contributed by atoms with van der Waals surface area (Å²) in [6.07, 6.45) is 1.44. The summed E-state index contributed by atoms with van der Waals surface area (Å²) in [7, 11) is 0. The molecule has 0 spiro atoms. The van der Waals surface area contributed by atoms with E-state index in [1.54, 1.807) is 36.4 Å². The monoisotopic (exact) mass is 469 g/mol. The third kappa shape index (κ3) is 7.11. The van der Waals surface area contributed by atoms with E-state index in [2.05, 4.69) is 15.8 Å². The molecule has 3 aromatic rings. The van der Waals surface area contributed by atoms with Crippen LogP contribution in [0.2, 0.25) is 10.0 Å². The summed E-state index contributed by atoms with van der Waals surface area (Å²) in [5, 5.41) is 7.48. The summed E-state index contributed by atoms with van der Waals surface area (Å²) in [5.41, 5.74) is 5.79. The van der Waals surface area contributed by atoms with Crippen molar-refractivity contribution in [1.82, 2.24) is 10.7 Å². The lowest BCUT2D eigenvalue weighted by atomic mass is 10.1. The molecule has 3 rings (SSSR count). The van der Waals surface area contributed by atoms with Crippen molar-refractivity contribution in [3.63, 3.8) is 0 Å². The molecule has 0 aromatic heterocycles. The van der Waals surface area contributed by atoms with Crippen LogP contribution < -0.4 is 15.5 Å². The van der Waals surface area contributed by atoms with Crippen LogP contribution in [0.4, 0.5) is 0 Å². The molecule has 3 aromatic carbocycles. The van der Waals surface area contributed by atoms with Crippen LogP contribution in [0.5, 0.6) is 5.75 Å². The van der Waals surface area contributed by atoms with Crippen molar-refractivity contribution in [2.75, 3.05) is 0 Å². The van der Waals surface area contributed by atoms with Gasteiger partial charge >= 0.3 is 11.8 Å². The first-order chi connectivity index (χ1) is 15.4. The van der Waals surface area contributed by atoms with Gasteiger partial charge < -0.3 is 10.1 Å². The van der Waals surface area contributed by atoms with Crippen molar-refractivity contribution in [2.45, 2.75) is 20.1 Å². The fourth-order valence-electron chi connectivity index (χ4n) is 2.63. The van der Waals surface area contributed by atoms with Gasteiger partial charge in [0.25, 0.3) is 0 Å². The Balaban J connectivity index is 1.44. The van der Waals surface area contributed by atoms with Crippen LogP contribution in [-0.2, 0) is 22.7 Å². The van der Waals surface area contributed by atoms with E-state index in [4.69, 9.17) is 27.9 Å². The zero-order chi connectivity index (χ0) is 22.9. The average Bonchev–Trinajstić information content (AvgIpc) is 2.78. The molecule has 2 amide bonds. The van der Waals surface area contributed by atoms with Gasteiger partial charge in [-0.25, -0.2) is 5.43 Å². The van der Waals surface area contributed by atoms with Crippen LogP contribution in [-0.4, -0.2) is 18.0 Å². The second-order valence-electron chi connectivity index (χ2n) is 6.96. The van der Waals surface area contributed by atoms with E-state index in [9.17, 15) is 9.59 Å². The number of amides is 2. The van der Waals surface area contributed by atoms with Crippen molar-refractivity contribution >= 4 is 41.2 Å². The maximum absolute atomic E-state index is 11.9. The third-order valence-electron chi connectivity index (χ3n) is 4.45. The normalized spacial score (nSPS) is 10.7. The minimum Gasteiger partial charge on any atom is -0.489 e. The molecule has 0 bridgehead atoms. The van der Waals surface area contributed by atoms with Gasteiger partial charge in [-0.3, -0.25) is 9.59 Å². The van der Waals surface area contributed by atoms with Gasteiger partial charge in [0.15, 0.2) is 0 Å². The smallest absolute Gasteiger partial charge is 0.329 e. The Morgan fingerprint density at radius 1 is 0.969 bits per heavy atom. The molecule has 164 valence electrons. The zero-order valence-corrected chi connectivity index (χ0v) is 18.8. The number of hydrogen-bond donors (Lipinski definition) is 2. The fourth-order valence-corrected chi connectivity index (χ4v) is 3.10. The standard InChI is InChI=1S/C24H21Cl2N3O3/c1-16-2-4-17(5-3-16)13-27-23(30)24(31)29-28-14-18-6-10-21(11-7-18)32-15-19-8-9-20(25)12-22(19)26/h2-12,14H,13,15H2,1H3,(H,27,30)(H,29,31)/b28-14-. The largest absolute Gasteiger partial charge is 0.489 e. The van der Waals surface area contributed by atoms with Crippen molar-refractivity contribution in [3.8, 4) is 5.75 Å². The van der Waals surface area contributed by atoms with Crippen LogP contribution in [0.1, 0.15) is 22.3 Å². The van der Waals surface area contributed by atoms with Crippen molar-refractivity contribution in [1.29, 1.82) is 0 Å². The number of aryl methyl sites for hydroxylation is 1. The van der Waals surface area contributed by atoms with Crippen molar-refractivity contribution in [3.05, 3.63) is 99.0 Å². The molecule has 0 unspecified atom stereocenters. The van der Waals surface area contributed by atoms with Gasteiger partial charge in [0.2, 0.25) is 0 Å². The maximum Gasteiger partial charge on any atom is 0.329 e. The van der Waals surface area contributed by atoms with E-state index >= 15 is 0 Å². The molecule has 0 aliphatic heterocycles. The van der Waals surface area contributed by atoms with Crippen LogP contribution in [0.3, 0.4) is 0 Å². The molecule has 0 fully saturated rings. The number of hydrogen-bond acceptors (Lipinski definition) is 4. The molecule has 0 aliphatic carbocycles. The Kier molecular flexibility index (Phi) is 8.25. The van der Waals surface area contributed by atoms with E-state index in [0.717, 1.165) is 22.3 Å². The molecule has 0 heterocycles. The van der Waals surface area contributed by atoms with Gasteiger partial charge in [-0.05, 0) is 54.4 Å². The second kappa shape index (κ2) is 11.3. The SMILES string of the molecule is Cc1ccc(CNC(=O)C(=O)N/N=C\c2ccc(OCc3ccc(Cl)cc3Cl)cc2)cc1. The molecular formula is C24H21Cl2N3O3. The predicted molar refractivity (Wildman–Crippen MR) is 126 cm³/mol. The predicted octanol–water partition coefficient (Wildman–Crippen LogP) is 4.65. The van der Waals surface area contributed by atoms with Gasteiger partial charge in [0.05, 0.1) is 6.21 Å². The Morgan fingerprint density at radius 2 is 1.69 bits per heavy atom. The highest BCUT2D eigenvalue weighted by Gasteiger charge is 2.11. The van der Waals surface area contributed by atoms with E-state index in [0.29, 0.717) is 22.4 Å². The fraction of sp³-hybridized carbons (Fsp3) is 0.125. The topological polar surface area (TPSA) is 79.8 Å². The molecule has 8 heteroatoms. The Labute approximate surface area is 196 Å². The molecule has 0 saturated carbocycles. The van der Waals surface area contributed by atoms with E-state index in [-0.39, 0.29) is 6.54 Å². The van der Waals surface area contributed by atoms with Crippen molar-refractivity contribution in [2.24, 2.45) is 5.10 Å². The van der Waals surface area contributed by atoms with Gasteiger partial charge in [-0.2, -0.15) is 5.10 Å². The van der Waals surface area contributed by atoms with E-state index in [1.807, 2.05) is 37.3 Å². The lowest BCUT2D eigenvalue weighted by Crippen LogP contribution is -2.37. The molecule has 0 aliphatic rings. The lowest BCUT2D eigenvalue weighted by Gasteiger charge is -2.08. The molecule has 32 heavy (non-hydrogen) atoms. The Morgan fingerprint density at radius 3 is 2.38 bits per heavy atom. The zero-order valence-electron chi connectivity index (χ0n) is 17.3. The Hall–Kier alpha value is -3.35. The summed E-state index contributed by atoms with van der Waals surface area (Å²) in [4.78, 5) is 23.7. The molecule has 6 nitrogen and oxygen atoms in total. The summed E-state index contributed by atoms with van der Waals surface area (Å²) in [6.45, 7) is 2.54. The second-order valence-corrected chi connectivity index (χ2v) is 7.80. The van der Waals surface area contributed by atoms with Gasteiger partial charge in [-0.15, -0.1) is 0 Å². The average molecular weight is 470 g/mol. The molecule has 0 radical (unpaired) electrons. The number of carbonyl (C=O) groups excluding carboxylic acids is 2. The summed E-state index contributed by atoms with van der Waals surface area (Å²) in [5.74, 6) is -0.951. The van der Waals surface area contributed by atoms with Gasteiger partial charge in [-0.1, -0.05) is 59.1 Å². The van der Waals surface area contributed by atoms with Gasteiger partial charge in [0, 0.05) is 22.2 Å². The van der Waals surface area contributed by atoms with E-state index in [1.165, 1.54) is 6.21 Å². The first-order valence-corrected chi connectivity index (χ1v) is 10.5. The number of halogens is 2. The number of nitrogens with one attached hydrogen (secondary N) is 2. The van der Waals surface area contributed by atoms with E-state index < -0.39 is 11.8 Å². The highest BCUT2D eigenvalue weighted by Crippen LogP contribution is 2.22. The van der Waals surface area contributed by atoms with Crippen LogP contribution in [0.15, 0.2) is 71.8 Å². The van der Waals surface area contributed by atoms with Crippen molar-refractivity contribution < 1.29 is 14.3 Å². The number of rotatable bonds is 7. The number of nitrogens with zero attached hydrogens (tertiary/aromatic N) is 1.